The molecule has 2 nitrogen and oxygen atoms in total. The van der Waals surface area contributed by atoms with Crippen molar-refractivity contribution in [1.29, 1.82) is 0 Å². The van der Waals surface area contributed by atoms with Crippen LogP contribution in [-0.4, -0.2) is 12.7 Å². The highest BCUT2D eigenvalue weighted by atomic mass is 79.9. The molecule has 23 heavy (non-hydrogen) atoms. The zero-order chi connectivity index (χ0) is 16.9. The van der Waals surface area contributed by atoms with E-state index in [4.69, 9.17) is 5.73 Å². The van der Waals surface area contributed by atoms with Crippen LogP contribution in [0.3, 0.4) is 0 Å². The highest BCUT2D eigenvalue weighted by molar-refractivity contribution is 9.10. The van der Waals surface area contributed by atoms with Crippen LogP contribution >= 0.6 is 15.9 Å². The lowest BCUT2D eigenvalue weighted by Gasteiger charge is -2.23. The van der Waals surface area contributed by atoms with Crippen LogP contribution in [0.2, 0.25) is 0 Å². The van der Waals surface area contributed by atoms with Gasteiger partial charge in [0.05, 0.1) is 17.8 Å². The number of hydrogen-bond donors (Lipinski definition) is 1. The van der Waals surface area contributed by atoms with E-state index in [9.17, 15) is 13.2 Å². The lowest BCUT2D eigenvalue weighted by molar-refractivity contribution is -0.132. The summed E-state index contributed by atoms with van der Waals surface area (Å²) in [5.41, 5.74) is 7.81. The van der Waals surface area contributed by atoms with Crippen LogP contribution in [0.4, 0.5) is 24.5 Å². The third kappa shape index (κ3) is 5.63. The molecule has 0 saturated carbocycles. The number of benzene rings is 2. The van der Waals surface area contributed by atoms with Crippen molar-refractivity contribution in [1.82, 2.24) is 0 Å². The van der Waals surface area contributed by atoms with Crippen molar-refractivity contribution in [3.8, 4) is 0 Å². The normalized spacial score (nSPS) is 11.8. The van der Waals surface area contributed by atoms with Crippen molar-refractivity contribution in [2.45, 2.75) is 12.6 Å². The fourth-order valence-corrected chi connectivity index (χ4v) is 2.43. The number of nitrogens with two attached hydrogens (primary N) is 1. The summed E-state index contributed by atoms with van der Waals surface area (Å²) in [5, 5.41) is 0. The summed E-state index contributed by atoms with van der Waals surface area (Å²) in [5.74, 6) is 0. The Morgan fingerprint density at radius 1 is 1.09 bits per heavy atom. The van der Waals surface area contributed by atoms with Gasteiger partial charge >= 0.3 is 6.18 Å². The molecule has 2 rings (SSSR count). The Balaban J connectivity index is 2.26. The van der Waals surface area contributed by atoms with Crippen molar-refractivity contribution >= 4 is 33.4 Å². The number of halogens is 4. The average Bonchev–Trinajstić information content (AvgIpc) is 2.48. The number of alkyl halides is 3. The van der Waals surface area contributed by atoms with Gasteiger partial charge in [-0.2, -0.15) is 13.2 Å². The van der Waals surface area contributed by atoms with Gasteiger partial charge < -0.3 is 10.6 Å². The van der Waals surface area contributed by atoms with E-state index < -0.39 is 12.6 Å². The quantitative estimate of drug-likeness (QED) is 0.693. The fourth-order valence-electron chi connectivity index (χ4n) is 2.05. The maximum absolute atomic E-state index is 12.6. The number of nitrogen functional groups attached to an aromatic ring is 1. The SMILES string of the molecule is Nc1cc(Br)ccc1N(C=Cc1ccccc1)CCC(F)(F)F. The van der Waals surface area contributed by atoms with E-state index in [1.54, 1.807) is 30.5 Å². The van der Waals surface area contributed by atoms with Crippen LogP contribution in [0.15, 0.2) is 59.2 Å². The molecule has 0 fully saturated rings. The first-order chi connectivity index (χ1) is 10.8. The molecule has 0 saturated heterocycles. The number of anilines is 2. The Labute approximate surface area is 141 Å². The maximum Gasteiger partial charge on any atom is 0.390 e. The zero-order valence-electron chi connectivity index (χ0n) is 12.2. The minimum absolute atomic E-state index is 0.196. The molecule has 6 heteroatoms. The van der Waals surface area contributed by atoms with Crippen molar-refractivity contribution in [2.24, 2.45) is 0 Å². The van der Waals surface area contributed by atoms with E-state index in [-0.39, 0.29) is 6.54 Å². The first kappa shape index (κ1) is 17.4. The third-order valence-electron chi connectivity index (χ3n) is 3.18. The van der Waals surface area contributed by atoms with Crippen LogP contribution in [0, 0.1) is 0 Å². The van der Waals surface area contributed by atoms with Crippen molar-refractivity contribution in [3.05, 3.63) is 64.8 Å². The Morgan fingerprint density at radius 3 is 2.39 bits per heavy atom. The van der Waals surface area contributed by atoms with E-state index in [2.05, 4.69) is 15.9 Å². The summed E-state index contributed by atoms with van der Waals surface area (Å²) in [6.07, 6.45) is -1.75. The van der Waals surface area contributed by atoms with Crippen LogP contribution in [0.25, 0.3) is 6.08 Å². The molecule has 0 amide bonds. The minimum Gasteiger partial charge on any atom is -0.397 e. The first-order valence-electron chi connectivity index (χ1n) is 6.97. The van der Waals surface area contributed by atoms with Gasteiger partial charge in [0.25, 0.3) is 0 Å². The van der Waals surface area contributed by atoms with Crippen LogP contribution in [0.1, 0.15) is 12.0 Å². The molecule has 0 bridgehead atoms. The van der Waals surface area contributed by atoms with Crippen LogP contribution in [0.5, 0.6) is 0 Å². The molecule has 2 N–H and O–H groups in total. The summed E-state index contributed by atoms with van der Waals surface area (Å²) in [7, 11) is 0. The molecule has 0 aliphatic heterocycles. The van der Waals surface area contributed by atoms with Gasteiger partial charge in [0.2, 0.25) is 0 Å². The number of rotatable bonds is 5. The predicted octanol–water partition coefficient (Wildman–Crippen LogP) is 5.46. The van der Waals surface area contributed by atoms with Crippen LogP contribution in [-0.2, 0) is 0 Å². The summed E-state index contributed by atoms with van der Waals surface area (Å²) >= 11 is 3.30. The van der Waals surface area contributed by atoms with Crippen LogP contribution < -0.4 is 10.6 Å². The van der Waals surface area contributed by atoms with Crippen molar-refractivity contribution in [2.75, 3.05) is 17.2 Å². The summed E-state index contributed by atoms with van der Waals surface area (Å²) in [6, 6.07) is 14.5. The van der Waals surface area contributed by atoms with E-state index in [0.717, 1.165) is 10.0 Å². The molecule has 0 radical (unpaired) electrons. The number of hydrogen-bond acceptors (Lipinski definition) is 2. The first-order valence-corrected chi connectivity index (χ1v) is 7.76. The predicted molar refractivity (Wildman–Crippen MR) is 92.0 cm³/mol. The van der Waals surface area contributed by atoms with Gasteiger partial charge in [-0.1, -0.05) is 46.3 Å². The summed E-state index contributed by atoms with van der Waals surface area (Å²) < 4.78 is 38.5. The second-order valence-corrected chi connectivity index (χ2v) is 5.90. The molecule has 0 unspecified atom stereocenters. The fraction of sp³-hybridized carbons (Fsp3) is 0.176. The smallest absolute Gasteiger partial charge is 0.390 e. The van der Waals surface area contributed by atoms with Crippen molar-refractivity contribution in [3.63, 3.8) is 0 Å². The summed E-state index contributed by atoms with van der Waals surface area (Å²) in [4.78, 5) is 1.52. The van der Waals surface area contributed by atoms with Gasteiger partial charge in [-0.3, -0.25) is 0 Å². The molecule has 122 valence electrons. The molecule has 2 aromatic carbocycles. The van der Waals surface area contributed by atoms with Crippen molar-refractivity contribution < 1.29 is 13.2 Å². The highest BCUT2D eigenvalue weighted by Crippen LogP contribution is 2.29. The standard InChI is InChI=1S/C17H16BrF3N2/c18-14-6-7-16(15(22)12-14)23(11-9-17(19,20)21)10-8-13-4-2-1-3-5-13/h1-8,10,12H,9,11,22H2. The second-order valence-electron chi connectivity index (χ2n) is 4.99. The topological polar surface area (TPSA) is 29.3 Å². The molecule has 0 heterocycles. The monoisotopic (exact) mass is 384 g/mol. The zero-order valence-corrected chi connectivity index (χ0v) is 13.8. The summed E-state index contributed by atoms with van der Waals surface area (Å²) in [6.45, 7) is -0.196. The second kappa shape index (κ2) is 7.55. The molecule has 0 spiro atoms. The lowest BCUT2D eigenvalue weighted by Crippen LogP contribution is -2.24. The van der Waals surface area contributed by atoms with E-state index >= 15 is 0 Å². The van der Waals surface area contributed by atoms with Gasteiger partial charge in [0.1, 0.15) is 0 Å². The van der Waals surface area contributed by atoms with E-state index in [1.165, 1.54) is 4.90 Å². The molecule has 0 aromatic heterocycles. The van der Waals surface area contributed by atoms with Gasteiger partial charge in [0, 0.05) is 17.2 Å². The maximum atomic E-state index is 12.6. The lowest BCUT2D eigenvalue weighted by atomic mass is 10.2. The van der Waals surface area contributed by atoms with Gasteiger partial charge in [-0.15, -0.1) is 0 Å². The average molecular weight is 385 g/mol. The number of nitrogens with zero attached hydrogens (tertiary/aromatic N) is 1. The molecule has 0 aliphatic rings. The van der Waals surface area contributed by atoms with Gasteiger partial charge in [-0.25, -0.2) is 0 Å². The molecule has 0 aliphatic carbocycles. The third-order valence-corrected chi connectivity index (χ3v) is 3.67. The van der Waals surface area contributed by atoms with E-state index in [0.29, 0.717) is 11.4 Å². The Hall–Kier alpha value is -1.95. The Kier molecular flexibility index (Phi) is 5.71. The molecule has 2 aromatic rings. The Morgan fingerprint density at radius 2 is 1.78 bits per heavy atom. The largest absolute Gasteiger partial charge is 0.397 e. The highest BCUT2D eigenvalue weighted by Gasteiger charge is 2.27. The van der Waals surface area contributed by atoms with Gasteiger partial charge in [0.15, 0.2) is 0 Å². The van der Waals surface area contributed by atoms with E-state index in [1.807, 2.05) is 30.3 Å². The molecule has 0 atom stereocenters. The Bertz CT molecular complexity index is 669. The molecular formula is C17H16BrF3N2. The molecular weight excluding hydrogens is 369 g/mol. The minimum atomic E-state index is -4.22. The van der Waals surface area contributed by atoms with Gasteiger partial charge in [-0.05, 0) is 29.8 Å².